The maximum atomic E-state index is 14.6. The van der Waals surface area contributed by atoms with Gasteiger partial charge in [-0.3, -0.25) is 9.59 Å². The van der Waals surface area contributed by atoms with E-state index in [0.29, 0.717) is 32.8 Å². The molecule has 0 amide bonds. The molecule has 0 unspecified atom stereocenters. The molecule has 2 aliphatic heterocycles. The summed E-state index contributed by atoms with van der Waals surface area (Å²) in [4.78, 5) is 30.2. The van der Waals surface area contributed by atoms with Gasteiger partial charge in [0.1, 0.15) is 11.8 Å². The Balaban J connectivity index is 1.81. The predicted octanol–water partition coefficient (Wildman–Crippen LogP) is 5.41. The van der Waals surface area contributed by atoms with Crippen LogP contribution in [0, 0.1) is 16.7 Å². The van der Waals surface area contributed by atoms with Crippen LogP contribution >= 0.6 is 15.9 Å². The molecule has 2 aliphatic rings. The standard InChI is InChI=1S/C31H27BrN2O6/c1-37-23-12-10-20(15-21(23)32)29(35)28-27(19-9-13-24(38-2)25(16-19)39-3)31(17-33,30(36)40-4)26-14-11-18-7-5-6-8-22(18)34(26)28/h5-16,26-28H,1-4H3/t26-,27-,28+,31+/m1/s1. The Labute approximate surface area is 240 Å². The first-order chi connectivity index (χ1) is 19.4. The number of nitriles is 1. The number of fused-ring (bicyclic) bond motifs is 3. The van der Waals surface area contributed by atoms with Crippen molar-refractivity contribution in [2.45, 2.75) is 18.0 Å². The number of hydrogen-bond acceptors (Lipinski definition) is 8. The van der Waals surface area contributed by atoms with Crippen LogP contribution in [0.2, 0.25) is 0 Å². The van der Waals surface area contributed by atoms with Crippen molar-refractivity contribution in [1.29, 1.82) is 5.26 Å². The SMILES string of the molecule is COC(=O)[C@]1(C#N)[C@H](c2ccc(OC)c(OC)c2)[C@@H](C(=O)c2ccc(OC)c(Br)c2)N2c3ccccc3C=C[C@@H]21. The number of benzene rings is 3. The fourth-order valence-electron chi connectivity index (χ4n) is 5.95. The number of ketones is 1. The molecule has 4 atom stereocenters. The number of methoxy groups -OCH3 is 4. The van der Waals surface area contributed by atoms with Crippen molar-refractivity contribution in [2.24, 2.45) is 5.41 Å². The van der Waals surface area contributed by atoms with Crippen LogP contribution in [-0.2, 0) is 9.53 Å². The van der Waals surface area contributed by atoms with E-state index in [0.717, 1.165) is 11.3 Å². The van der Waals surface area contributed by atoms with E-state index in [1.165, 1.54) is 21.3 Å². The largest absolute Gasteiger partial charge is 0.496 e. The molecule has 1 fully saturated rings. The number of carbonyl (C=O) groups is 2. The Morgan fingerprint density at radius 1 is 0.925 bits per heavy atom. The lowest BCUT2D eigenvalue weighted by molar-refractivity contribution is -0.150. The molecular formula is C31H27BrN2O6. The molecule has 1 saturated heterocycles. The number of para-hydroxylation sites is 1. The second-order valence-electron chi connectivity index (χ2n) is 9.49. The molecule has 5 rings (SSSR count). The van der Waals surface area contributed by atoms with Crippen molar-refractivity contribution in [3.8, 4) is 23.3 Å². The minimum absolute atomic E-state index is 0.265. The average Bonchev–Trinajstić information content (AvgIpc) is 3.31. The minimum atomic E-state index is -1.76. The van der Waals surface area contributed by atoms with Crippen molar-refractivity contribution in [3.05, 3.63) is 87.9 Å². The van der Waals surface area contributed by atoms with Gasteiger partial charge in [0.05, 0.1) is 45.0 Å². The molecule has 0 N–H and O–H groups in total. The van der Waals surface area contributed by atoms with Crippen LogP contribution in [0.5, 0.6) is 17.2 Å². The van der Waals surface area contributed by atoms with Gasteiger partial charge in [0.15, 0.2) is 22.7 Å². The normalized spacial score (nSPS) is 22.5. The lowest BCUT2D eigenvalue weighted by Gasteiger charge is -2.36. The third-order valence-corrected chi connectivity index (χ3v) is 8.34. The molecule has 0 saturated carbocycles. The van der Waals surface area contributed by atoms with Gasteiger partial charge < -0.3 is 23.8 Å². The maximum Gasteiger partial charge on any atom is 0.329 e. The molecule has 0 radical (unpaired) electrons. The van der Waals surface area contributed by atoms with Crippen LogP contribution in [-0.4, -0.2) is 52.3 Å². The Hall–Kier alpha value is -4.29. The number of carbonyl (C=O) groups excluding carboxylic acids is 2. The summed E-state index contributed by atoms with van der Waals surface area (Å²) in [6.45, 7) is 0. The van der Waals surface area contributed by atoms with E-state index in [1.54, 1.807) is 43.5 Å². The first-order valence-corrected chi connectivity index (χ1v) is 13.3. The highest BCUT2D eigenvalue weighted by Gasteiger charge is 2.67. The summed E-state index contributed by atoms with van der Waals surface area (Å²) in [5.74, 6) is -0.451. The van der Waals surface area contributed by atoms with Gasteiger partial charge in [-0.05, 0) is 63.5 Å². The van der Waals surface area contributed by atoms with Gasteiger partial charge in [-0.2, -0.15) is 5.26 Å². The maximum absolute atomic E-state index is 14.6. The number of anilines is 1. The van der Waals surface area contributed by atoms with Crippen molar-refractivity contribution in [1.82, 2.24) is 0 Å². The number of Topliss-reactive ketones (excluding diaryl/α,β-unsaturated/α-hetero) is 1. The van der Waals surface area contributed by atoms with E-state index >= 15 is 0 Å². The van der Waals surface area contributed by atoms with E-state index in [2.05, 4.69) is 22.0 Å². The molecule has 3 aromatic carbocycles. The first-order valence-electron chi connectivity index (χ1n) is 12.5. The molecule has 0 aliphatic carbocycles. The number of hydrogen-bond donors (Lipinski definition) is 0. The summed E-state index contributed by atoms with van der Waals surface area (Å²) in [6, 6.07) is 18.5. The van der Waals surface area contributed by atoms with Gasteiger partial charge in [0.25, 0.3) is 0 Å². The van der Waals surface area contributed by atoms with Gasteiger partial charge >= 0.3 is 5.97 Å². The highest BCUT2D eigenvalue weighted by Crippen LogP contribution is 2.57. The molecule has 0 spiro atoms. The zero-order chi connectivity index (χ0) is 28.6. The highest BCUT2D eigenvalue weighted by atomic mass is 79.9. The van der Waals surface area contributed by atoms with Crippen molar-refractivity contribution >= 4 is 39.4 Å². The Morgan fingerprint density at radius 3 is 2.27 bits per heavy atom. The molecule has 0 aromatic heterocycles. The smallest absolute Gasteiger partial charge is 0.329 e. The predicted molar refractivity (Wildman–Crippen MR) is 153 cm³/mol. The number of ether oxygens (including phenoxy) is 4. The van der Waals surface area contributed by atoms with Gasteiger partial charge in [-0.15, -0.1) is 0 Å². The second-order valence-corrected chi connectivity index (χ2v) is 10.3. The van der Waals surface area contributed by atoms with Crippen LogP contribution in [0.3, 0.4) is 0 Å². The van der Waals surface area contributed by atoms with Crippen LogP contribution in [0.4, 0.5) is 5.69 Å². The van der Waals surface area contributed by atoms with Crippen molar-refractivity contribution in [3.63, 3.8) is 0 Å². The van der Waals surface area contributed by atoms with Gasteiger partial charge in [-0.25, -0.2) is 0 Å². The number of rotatable bonds is 7. The average molecular weight is 603 g/mol. The quantitative estimate of drug-likeness (QED) is 0.261. The van der Waals surface area contributed by atoms with Crippen LogP contribution in [0.15, 0.2) is 71.2 Å². The summed E-state index contributed by atoms with van der Waals surface area (Å²) >= 11 is 3.49. The summed E-state index contributed by atoms with van der Waals surface area (Å²) in [5.41, 5.74) is 0.815. The van der Waals surface area contributed by atoms with E-state index in [1.807, 2.05) is 41.3 Å². The lowest BCUT2D eigenvalue weighted by Crippen LogP contribution is -2.46. The zero-order valence-electron chi connectivity index (χ0n) is 22.4. The van der Waals surface area contributed by atoms with E-state index in [9.17, 15) is 14.9 Å². The van der Waals surface area contributed by atoms with Crippen molar-refractivity contribution in [2.75, 3.05) is 33.3 Å². The Kier molecular flexibility index (Phi) is 7.30. The lowest BCUT2D eigenvalue weighted by atomic mass is 9.68. The van der Waals surface area contributed by atoms with Gasteiger partial charge in [0, 0.05) is 17.2 Å². The van der Waals surface area contributed by atoms with E-state index in [-0.39, 0.29) is 5.78 Å². The molecule has 0 bridgehead atoms. The molecule has 204 valence electrons. The monoisotopic (exact) mass is 602 g/mol. The summed E-state index contributed by atoms with van der Waals surface area (Å²) in [7, 11) is 5.84. The first kappa shape index (κ1) is 27.3. The molecular weight excluding hydrogens is 576 g/mol. The second kappa shape index (κ2) is 10.7. The fraction of sp³-hybridized carbons (Fsp3) is 0.258. The fourth-order valence-corrected chi connectivity index (χ4v) is 6.49. The van der Waals surface area contributed by atoms with E-state index < -0.39 is 29.4 Å². The molecule has 3 aromatic rings. The highest BCUT2D eigenvalue weighted by molar-refractivity contribution is 9.10. The van der Waals surface area contributed by atoms with Crippen LogP contribution in [0.1, 0.15) is 27.4 Å². The van der Waals surface area contributed by atoms with E-state index in [4.69, 9.17) is 18.9 Å². The molecule has 8 nitrogen and oxygen atoms in total. The minimum Gasteiger partial charge on any atom is -0.496 e. The topological polar surface area (TPSA) is 98.1 Å². The molecule has 2 heterocycles. The molecule has 40 heavy (non-hydrogen) atoms. The Morgan fingerprint density at radius 2 is 1.62 bits per heavy atom. The van der Waals surface area contributed by atoms with Crippen molar-refractivity contribution < 1.29 is 28.5 Å². The zero-order valence-corrected chi connectivity index (χ0v) is 24.0. The summed E-state index contributed by atoms with van der Waals surface area (Å²) in [6.07, 6.45) is 3.70. The Bertz CT molecular complexity index is 1560. The van der Waals surface area contributed by atoms with Gasteiger partial charge in [-0.1, -0.05) is 36.4 Å². The number of halogens is 1. The number of nitrogens with zero attached hydrogens (tertiary/aromatic N) is 2. The number of esters is 1. The molecule has 9 heteroatoms. The van der Waals surface area contributed by atoms with Crippen LogP contribution in [0.25, 0.3) is 6.08 Å². The van der Waals surface area contributed by atoms with Crippen LogP contribution < -0.4 is 19.1 Å². The third kappa shape index (κ3) is 4.02. The third-order valence-electron chi connectivity index (χ3n) is 7.73. The van der Waals surface area contributed by atoms with Gasteiger partial charge in [0.2, 0.25) is 0 Å². The summed E-state index contributed by atoms with van der Waals surface area (Å²) < 4.78 is 22.3. The summed E-state index contributed by atoms with van der Waals surface area (Å²) in [5, 5.41) is 10.8.